The van der Waals surface area contributed by atoms with Crippen LogP contribution in [0.1, 0.15) is 64.9 Å². The van der Waals surface area contributed by atoms with Gasteiger partial charge in [0.05, 0.1) is 4.90 Å². The second-order valence-corrected chi connectivity index (χ2v) is 9.41. The number of benzene rings is 1. The van der Waals surface area contributed by atoms with Crippen LogP contribution < -0.4 is 11.1 Å². The van der Waals surface area contributed by atoms with Crippen molar-refractivity contribution in [2.45, 2.75) is 83.2 Å². The minimum atomic E-state index is -3.88. The van der Waals surface area contributed by atoms with Crippen LogP contribution in [-0.4, -0.2) is 43.2 Å². The number of unbranched alkanes of at least 4 members (excludes halogenated alkanes) is 1. The summed E-state index contributed by atoms with van der Waals surface area (Å²) in [6, 6.07) is 6.02. The summed E-state index contributed by atoms with van der Waals surface area (Å²) < 4.78 is 28.0. The fourth-order valence-corrected chi connectivity index (χ4v) is 4.68. The molecule has 0 fully saturated rings. The molecule has 2 amide bonds. The lowest BCUT2D eigenvalue weighted by molar-refractivity contribution is -0.121. The number of hydrogen-bond donors (Lipinski definition) is 2. The first-order valence-electron chi connectivity index (χ1n) is 10.3. The van der Waals surface area contributed by atoms with E-state index in [1.165, 1.54) is 4.31 Å². The number of sulfonamides is 1. The van der Waals surface area contributed by atoms with Gasteiger partial charge in [-0.05, 0) is 38.8 Å². The third kappa shape index (κ3) is 8.14. The van der Waals surface area contributed by atoms with Crippen molar-refractivity contribution in [3.63, 3.8) is 0 Å². The monoisotopic (exact) mass is 425 g/mol. The quantitative estimate of drug-likeness (QED) is 0.506. The van der Waals surface area contributed by atoms with Gasteiger partial charge < -0.3 is 11.1 Å². The molecular formula is C21H35N3O4S. The Morgan fingerprint density at radius 2 is 1.79 bits per heavy atom. The van der Waals surface area contributed by atoms with Crippen molar-refractivity contribution in [3.05, 3.63) is 29.8 Å². The number of primary amides is 1. The van der Waals surface area contributed by atoms with E-state index >= 15 is 0 Å². The Labute approximate surface area is 175 Å². The van der Waals surface area contributed by atoms with Crippen molar-refractivity contribution >= 4 is 21.8 Å². The molecular weight excluding hydrogens is 390 g/mol. The smallest absolute Gasteiger partial charge is 0.243 e. The van der Waals surface area contributed by atoms with E-state index in [0.29, 0.717) is 6.42 Å². The van der Waals surface area contributed by atoms with Gasteiger partial charge in [-0.2, -0.15) is 4.31 Å². The standard InChI is InChI=1S/C21H35N3O4S/c1-5-7-8-18(15-20(22)25)24(14-13-21(26)23-17(4)6-2)29(27,28)19-11-9-16(3)10-12-19/h9-12,17-18H,5-8,13-15H2,1-4H3,(H2,22,25)(H,23,26). The maximum absolute atomic E-state index is 13.4. The molecule has 0 aliphatic heterocycles. The van der Waals surface area contributed by atoms with Crippen molar-refractivity contribution < 1.29 is 18.0 Å². The highest BCUT2D eigenvalue weighted by Crippen LogP contribution is 2.23. The number of rotatable bonds is 13. The fourth-order valence-electron chi connectivity index (χ4n) is 3.03. The molecule has 0 spiro atoms. The van der Waals surface area contributed by atoms with Crippen LogP contribution in [0.25, 0.3) is 0 Å². The van der Waals surface area contributed by atoms with Gasteiger partial charge >= 0.3 is 0 Å². The van der Waals surface area contributed by atoms with E-state index < -0.39 is 22.0 Å². The molecule has 164 valence electrons. The molecule has 0 radical (unpaired) electrons. The molecule has 1 rings (SSSR count). The maximum atomic E-state index is 13.4. The van der Waals surface area contributed by atoms with Crippen LogP contribution >= 0.6 is 0 Å². The summed E-state index contributed by atoms with van der Waals surface area (Å²) in [7, 11) is -3.88. The van der Waals surface area contributed by atoms with E-state index in [0.717, 1.165) is 24.8 Å². The molecule has 7 nitrogen and oxygen atoms in total. The molecule has 8 heteroatoms. The molecule has 0 heterocycles. The van der Waals surface area contributed by atoms with Crippen LogP contribution in [-0.2, 0) is 19.6 Å². The fraction of sp³-hybridized carbons (Fsp3) is 0.619. The Kier molecular flexibility index (Phi) is 10.3. The zero-order chi connectivity index (χ0) is 22.0. The molecule has 2 unspecified atom stereocenters. The van der Waals surface area contributed by atoms with Gasteiger partial charge in [-0.3, -0.25) is 9.59 Å². The summed E-state index contributed by atoms with van der Waals surface area (Å²) in [6.45, 7) is 7.74. The average Bonchev–Trinajstić information content (AvgIpc) is 2.65. The first-order chi connectivity index (χ1) is 13.6. The Hall–Kier alpha value is -1.93. The second-order valence-electron chi connectivity index (χ2n) is 7.52. The Morgan fingerprint density at radius 1 is 1.17 bits per heavy atom. The van der Waals surface area contributed by atoms with Gasteiger partial charge in [0.15, 0.2) is 0 Å². The molecule has 0 aromatic heterocycles. The molecule has 29 heavy (non-hydrogen) atoms. The van der Waals surface area contributed by atoms with E-state index in [4.69, 9.17) is 5.73 Å². The molecule has 0 aliphatic rings. The number of aryl methyl sites for hydroxylation is 1. The highest BCUT2D eigenvalue weighted by atomic mass is 32.2. The maximum Gasteiger partial charge on any atom is 0.243 e. The normalized spacial score (nSPS) is 13.8. The van der Waals surface area contributed by atoms with Gasteiger partial charge in [0, 0.05) is 31.5 Å². The lowest BCUT2D eigenvalue weighted by Gasteiger charge is -2.30. The number of carbonyl (C=O) groups is 2. The highest BCUT2D eigenvalue weighted by Gasteiger charge is 2.32. The summed E-state index contributed by atoms with van der Waals surface area (Å²) in [4.78, 5) is 24.0. The van der Waals surface area contributed by atoms with E-state index in [1.54, 1.807) is 24.3 Å². The first-order valence-corrected chi connectivity index (χ1v) is 11.7. The van der Waals surface area contributed by atoms with Crippen molar-refractivity contribution in [3.8, 4) is 0 Å². The van der Waals surface area contributed by atoms with Crippen molar-refractivity contribution in [2.24, 2.45) is 5.73 Å². The molecule has 1 aromatic carbocycles. The summed E-state index contributed by atoms with van der Waals surface area (Å²) in [5.74, 6) is -0.768. The minimum absolute atomic E-state index is 0.000137. The van der Waals surface area contributed by atoms with Crippen LogP contribution in [0.2, 0.25) is 0 Å². The average molecular weight is 426 g/mol. The molecule has 3 N–H and O–H groups in total. The number of nitrogens with zero attached hydrogens (tertiary/aromatic N) is 1. The van der Waals surface area contributed by atoms with Gasteiger partial charge in [0.1, 0.15) is 0 Å². The van der Waals surface area contributed by atoms with E-state index in [1.807, 2.05) is 27.7 Å². The van der Waals surface area contributed by atoms with Gasteiger partial charge in [0.2, 0.25) is 21.8 Å². The number of amides is 2. The minimum Gasteiger partial charge on any atom is -0.370 e. The number of nitrogens with one attached hydrogen (secondary N) is 1. The Bertz CT molecular complexity index is 763. The summed E-state index contributed by atoms with van der Waals surface area (Å²) in [6.07, 6.45) is 2.88. The van der Waals surface area contributed by atoms with Crippen LogP contribution in [0.4, 0.5) is 0 Å². The predicted octanol–water partition coefficient (Wildman–Crippen LogP) is 2.72. The predicted molar refractivity (Wildman–Crippen MR) is 115 cm³/mol. The van der Waals surface area contributed by atoms with E-state index in [2.05, 4.69) is 5.32 Å². The molecule has 0 bridgehead atoms. The summed E-state index contributed by atoms with van der Waals surface area (Å²) >= 11 is 0. The van der Waals surface area contributed by atoms with E-state index in [-0.39, 0.29) is 36.2 Å². The topological polar surface area (TPSA) is 110 Å². The third-order valence-corrected chi connectivity index (χ3v) is 6.91. The van der Waals surface area contributed by atoms with E-state index in [9.17, 15) is 18.0 Å². The van der Waals surface area contributed by atoms with Crippen LogP contribution in [0.3, 0.4) is 0 Å². The van der Waals surface area contributed by atoms with Crippen LogP contribution in [0.5, 0.6) is 0 Å². The molecule has 0 aliphatic carbocycles. The zero-order valence-corrected chi connectivity index (χ0v) is 18.8. The van der Waals surface area contributed by atoms with Gasteiger partial charge in [0.25, 0.3) is 0 Å². The largest absolute Gasteiger partial charge is 0.370 e. The van der Waals surface area contributed by atoms with Crippen LogP contribution in [0.15, 0.2) is 29.2 Å². The van der Waals surface area contributed by atoms with Crippen LogP contribution in [0, 0.1) is 6.92 Å². The second kappa shape index (κ2) is 11.9. The van der Waals surface area contributed by atoms with Crippen molar-refractivity contribution in [2.75, 3.05) is 6.54 Å². The summed E-state index contributed by atoms with van der Waals surface area (Å²) in [5.41, 5.74) is 6.35. The number of nitrogens with two attached hydrogens (primary N) is 1. The zero-order valence-electron chi connectivity index (χ0n) is 18.0. The highest BCUT2D eigenvalue weighted by molar-refractivity contribution is 7.89. The summed E-state index contributed by atoms with van der Waals surface area (Å²) in [5, 5.41) is 2.85. The lowest BCUT2D eigenvalue weighted by atomic mass is 10.1. The van der Waals surface area contributed by atoms with Crippen molar-refractivity contribution in [1.29, 1.82) is 0 Å². The Morgan fingerprint density at radius 3 is 2.31 bits per heavy atom. The number of hydrogen-bond acceptors (Lipinski definition) is 4. The third-order valence-electron chi connectivity index (χ3n) is 4.94. The van der Waals surface area contributed by atoms with Gasteiger partial charge in [-0.25, -0.2) is 8.42 Å². The Balaban J connectivity index is 3.18. The molecule has 2 atom stereocenters. The SMILES string of the molecule is CCCCC(CC(N)=O)N(CCC(=O)NC(C)CC)S(=O)(=O)c1ccc(C)cc1. The molecule has 0 saturated heterocycles. The van der Waals surface area contributed by atoms with Crippen molar-refractivity contribution in [1.82, 2.24) is 9.62 Å². The number of carbonyl (C=O) groups excluding carboxylic acids is 2. The van der Waals surface area contributed by atoms with Gasteiger partial charge in [-0.1, -0.05) is 44.4 Å². The molecule has 0 saturated carbocycles. The van der Waals surface area contributed by atoms with Gasteiger partial charge in [-0.15, -0.1) is 0 Å². The first kappa shape index (κ1) is 25.1. The lowest BCUT2D eigenvalue weighted by Crippen LogP contribution is -2.44. The molecule has 1 aromatic rings.